The van der Waals surface area contributed by atoms with Gasteiger partial charge in [0, 0.05) is 19.1 Å². The highest BCUT2D eigenvalue weighted by molar-refractivity contribution is 7.88. The first kappa shape index (κ1) is 13.3. The van der Waals surface area contributed by atoms with Crippen molar-refractivity contribution in [2.45, 2.75) is 25.3 Å². The fraction of sp³-hybridized carbons (Fsp3) is 0.800. The summed E-state index contributed by atoms with van der Waals surface area (Å²) in [7, 11) is -3.30. The number of carbonyl (C=O) groups is 2. The summed E-state index contributed by atoms with van der Waals surface area (Å²) in [6.45, 7) is 0.655. The highest BCUT2D eigenvalue weighted by Gasteiger charge is 2.59. The number of amides is 1. The second-order valence-corrected chi connectivity index (χ2v) is 6.79. The minimum atomic E-state index is -3.30. The van der Waals surface area contributed by atoms with Gasteiger partial charge in [-0.3, -0.25) is 9.59 Å². The van der Waals surface area contributed by atoms with Crippen molar-refractivity contribution >= 4 is 21.9 Å². The summed E-state index contributed by atoms with van der Waals surface area (Å²) < 4.78 is 24.6. The van der Waals surface area contributed by atoms with E-state index in [9.17, 15) is 18.0 Å². The zero-order valence-electron chi connectivity index (χ0n) is 10.0. The number of carboxylic acids is 1. The van der Waals surface area contributed by atoms with Crippen LogP contribution in [-0.2, 0) is 19.6 Å². The molecule has 7 nitrogen and oxygen atoms in total. The van der Waals surface area contributed by atoms with Crippen molar-refractivity contribution in [3.8, 4) is 0 Å². The molecule has 0 aromatic rings. The number of nitrogens with one attached hydrogen (secondary N) is 1. The van der Waals surface area contributed by atoms with Crippen molar-refractivity contribution in [1.29, 1.82) is 0 Å². The van der Waals surface area contributed by atoms with E-state index >= 15 is 0 Å². The summed E-state index contributed by atoms with van der Waals surface area (Å²) in [5.41, 5.74) is -1.24. The minimum Gasteiger partial charge on any atom is -0.480 e. The molecule has 1 amide bonds. The van der Waals surface area contributed by atoms with Crippen LogP contribution in [0, 0.1) is 5.41 Å². The van der Waals surface area contributed by atoms with Crippen LogP contribution in [0.1, 0.15) is 19.3 Å². The Morgan fingerprint density at radius 1 is 1.39 bits per heavy atom. The van der Waals surface area contributed by atoms with Crippen LogP contribution in [-0.4, -0.2) is 55.7 Å². The number of sulfonamides is 1. The van der Waals surface area contributed by atoms with Crippen LogP contribution in [0.15, 0.2) is 0 Å². The molecule has 0 bridgehead atoms. The molecule has 0 aromatic heterocycles. The Balaban J connectivity index is 1.98. The molecule has 1 atom stereocenters. The average Bonchev–Trinajstić information content (AvgIpc) is 2.92. The molecule has 0 spiro atoms. The lowest BCUT2D eigenvalue weighted by molar-refractivity contribution is -0.152. The molecular formula is C10H16N2O5S. The van der Waals surface area contributed by atoms with E-state index in [1.807, 2.05) is 0 Å². The van der Waals surface area contributed by atoms with Gasteiger partial charge in [-0.05, 0) is 19.3 Å². The number of likely N-dealkylation sites (tertiary alicyclic amines) is 1. The molecule has 0 aromatic carbocycles. The second kappa shape index (κ2) is 4.20. The second-order valence-electron chi connectivity index (χ2n) is 5.01. The van der Waals surface area contributed by atoms with Crippen LogP contribution in [0.3, 0.4) is 0 Å². The molecule has 1 unspecified atom stereocenters. The molecule has 1 aliphatic heterocycles. The van der Waals surface area contributed by atoms with Gasteiger partial charge < -0.3 is 10.0 Å². The Bertz CT molecular complexity index is 482. The standard InChI is InChI=1S/C10H16N2O5S/c1-18(16,17)11-7-2-5-12(6-7)8(13)10(3-4-10)9(14)15/h7,11H,2-6H2,1H3,(H,14,15). The van der Waals surface area contributed by atoms with Gasteiger partial charge in [-0.25, -0.2) is 13.1 Å². The maximum Gasteiger partial charge on any atom is 0.319 e. The molecule has 2 aliphatic rings. The van der Waals surface area contributed by atoms with Crippen molar-refractivity contribution < 1.29 is 23.1 Å². The van der Waals surface area contributed by atoms with Gasteiger partial charge in [-0.2, -0.15) is 0 Å². The van der Waals surface area contributed by atoms with E-state index in [1.54, 1.807) is 0 Å². The van der Waals surface area contributed by atoms with Gasteiger partial charge in [0.25, 0.3) is 0 Å². The predicted molar refractivity (Wildman–Crippen MR) is 62.3 cm³/mol. The molecule has 1 aliphatic carbocycles. The molecule has 1 heterocycles. The molecule has 2 fully saturated rings. The molecule has 2 rings (SSSR count). The molecule has 102 valence electrons. The Labute approximate surface area is 105 Å². The van der Waals surface area contributed by atoms with Gasteiger partial charge in [0.05, 0.1) is 6.26 Å². The minimum absolute atomic E-state index is 0.251. The van der Waals surface area contributed by atoms with Crippen LogP contribution in [0.2, 0.25) is 0 Å². The van der Waals surface area contributed by atoms with E-state index in [1.165, 1.54) is 4.90 Å². The van der Waals surface area contributed by atoms with Gasteiger partial charge in [-0.1, -0.05) is 0 Å². The SMILES string of the molecule is CS(=O)(=O)NC1CCN(C(=O)C2(C(=O)O)CC2)C1. The van der Waals surface area contributed by atoms with Crippen molar-refractivity contribution in [2.24, 2.45) is 5.41 Å². The number of aliphatic carboxylic acids is 1. The molecule has 1 saturated heterocycles. The lowest BCUT2D eigenvalue weighted by Crippen LogP contribution is -2.42. The molecular weight excluding hydrogens is 260 g/mol. The smallest absolute Gasteiger partial charge is 0.319 e. The van der Waals surface area contributed by atoms with Gasteiger partial charge in [-0.15, -0.1) is 0 Å². The number of carbonyl (C=O) groups excluding carboxylic acids is 1. The summed E-state index contributed by atoms with van der Waals surface area (Å²) in [6.07, 6.45) is 2.34. The first-order chi connectivity index (χ1) is 8.24. The van der Waals surface area contributed by atoms with Crippen molar-refractivity contribution in [3.63, 3.8) is 0 Å². The van der Waals surface area contributed by atoms with Gasteiger partial charge >= 0.3 is 5.97 Å². The third-order valence-corrected chi connectivity index (χ3v) is 4.19. The van der Waals surface area contributed by atoms with E-state index in [2.05, 4.69) is 4.72 Å². The molecule has 18 heavy (non-hydrogen) atoms. The number of rotatable bonds is 4. The lowest BCUT2D eigenvalue weighted by atomic mass is 10.1. The Kier molecular flexibility index (Phi) is 3.10. The van der Waals surface area contributed by atoms with Crippen molar-refractivity contribution in [3.05, 3.63) is 0 Å². The summed E-state index contributed by atoms with van der Waals surface area (Å²) in [6, 6.07) is -0.312. The lowest BCUT2D eigenvalue weighted by Gasteiger charge is -2.20. The van der Waals surface area contributed by atoms with Crippen LogP contribution < -0.4 is 4.72 Å². The Hall–Kier alpha value is -1.15. The van der Waals surface area contributed by atoms with Gasteiger partial charge in [0.1, 0.15) is 5.41 Å². The maximum absolute atomic E-state index is 12.1. The highest BCUT2D eigenvalue weighted by atomic mass is 32.2. The van der Waals surface area contributed by atoms with Crippen LogP contribution in [0.5, 0.6) is 0 Å². The predicted octanol–water partition coefficient (Wildman–Crippen LogP) is -0.999. The summed E-state index contributed by atoms with van der Waals surface area (Å²) in [4.78, 5) is 24.5. The quantitative estimate of drug-likeness (QED) is 0.641. The Morgan fingerprint density at radius 2 is 2.00 bits per heavy atom. The van der Waals surface area contributed by atoms with Crippen LogP contribution in [0.4, 0.5) is 0 Å². The third-order valence-electron chi connectivity index (χ3n) is 3.42. The van der Waals surface area contributed by atoms with Crippen LogP contribution >= 0.6 is 0 Å². The van der Waals surface area contributed by atoms with E-state index in [-0.39, 0.29) is 18.5 Å². The maximum atomic E-state index is 12.1. The van der Waals surface area contributed by atoms with E-state index < -0.39 is 21.4 Å². The number of hydrogen-bond acceptors (Lipinski definition) is 4. The zero-order valence-corrected chi connectivity index (χ0v) is 10.9. The van der Waals surface area contributed by atoms with E-state index in [0.29, 0.717) is 25.8 Å². The zero-order chi connectivity index (χ0) is 13.6. The molecule has 1 saturated carbocycles. The number of hydrogen-bond donors (Lipinski definition) is 2. The molecule has 0 radical (unpaired) electrons. The normalized spacial score (nSPS) is 26.1. The monoisotopic (exact) mass is 276 g/mol. The van der Waals surface area contributed by atoms with Crippen LogP contribution in [0.25, 0.3) is 0 Å². The fourth-order valence-corrected chi connectivity index (χ4v) is 3.09. The largest absolute Gasteiger partial charge is 0.480 e. The van der Waals surface area contributed by atoms with Gasteiger partial charge in [0.15, 0.2) is 0 Å². The number of nitrogens with zero attached hydrogens (tertiary/aromatic N) is 1. The highest BCUT2D eigenvalue weighted by Crippen LogP contribution is 2.47. The first-order valence-corrected chi connectivity index (χ1v) is 7.64. The van der Waals surface area contributed by atoms with Crippen molar-refractivity contribution in [1.82, 2.24) is 9.62 Å². The molecule has 8 heteroatoms. The Morgan fingerprint density at radius 3 is 2.44 bits per heavy atom. The third kappa shape index (κ3) is 2.49. The number of carboxylic acid groups (broad SMARTS) is 1. The van der Waals surface area contributed by atoms with E-state index in [0.717, 1.165) is 6.26 Å². The van der Waals surface area contributed by atoms with Crippen molar-refractivity contribution in [2.75, 3.05) is 19.3 Å². The average molecular weight is 276 g/mol. The summed E-state index contributed by atoms with van der Waals surface area (Å²) in [5.74, 6) is -1.46. The van der Waals surface area contributed by atoms with E-state index in [4.69, 9.17) is 5.11 Å². The van der Waals surface area contributed by atoms with Gasteiger partial charge in [0.2, 0.25) is 15.9 Å². The molecule has 2 N–H and O–H groups in total. The summed E-state index contributed by atoms with van der Waals surface area (Å²) >= 11 is 0. The topological polar surface area (TPSA) is 104 Å². The summed E-state index contributed by atoms with van der Waals surface area (Å²) in [5, 5.41) is 9.03. The first-order valence-electron chi connectivity index (χ1n) is 5.75. The fourth-order valence-electron chi connectivity index (χ4n) is 2.29.